The summed E-state index contributed by atoms with van der Waals surface area (Å²) in [5.41, 5.74) is 0.674. The van der Waals surface area contributed by atoms with E-state index < -0.39 is 5.60 Å². The number of ether oxygens (including phenoxy) is 2. The van der Waals surface area contributed by atoms with Crippen LogP contribution < -0.4 is 0 Å². The fourth-order valence-corrected chi connectivity index (χ4v) is 2.29. The summed E-state index contributed by atoms with van der Waals surface area (Å²) >= 11 is 0. The van der Waals surface area contributed by atoms with Crippen LogP contribution in [-0.4, -0.2) is 36.3 Å². The van der Waals surface area contributed by atoms with Gasteiger partial charge in [-0.25, -0.2) is 4.79 Å². The summed E-state index contributed by atoms with van der Waals surface area (Å²) in [4.78, 5) is 14.1. The fourth-order valence-electron chi connectivity index (χ4n) is 2.29. The van der Waals surface area contributed by atoms with E-state index in [1.807, 2.05) is 51.1 Å². The van der Waals surface area contributed by atoms with Gasteiger partial charge in [0, 0.05) is 13.1 Å². The van der Waals surface area contributed by atoms with E-state index in [0.29, 0.717) is 19.8 Å². The van der Waals surface area contributed by atoms with Crippen molar-refractivity contribution < 1.29 is 14.3 Å². The summed E-state index contributed by atoms with van der Waals surface area (Å²) < 4.78 is 11.2. The molecule has 0 saturated carbocycles. The molecule has 0 spiro atoms. The van der Waals surface area contributed by atoms with Gasteiger partial charge in [0.1, 0.15) is 5.60 Å². The summed E-state index contributed by atoms with van der Waals surface area (Å²) in [5, 5.41) is 0. The number of amides is 1. The highest BCUT2D eigenvalue weighted by Gasteiger charge is 2.21. The highest BCUT2D eigenvalue weighted by atomic mass is 16.6. The molecule has 0 bridgehead atoms. The molecule has 4 nitrogen and oxygen atoms in total. The van der Waals surface area contributed by atoms with Crippen molar-refractivity contribution in [3.05, 3.63) is 35.9 Å². The van der Waals surface area contributed by atoms with Gasteiger partial charge in [-0.1, -0.05) is 56.5 Å². The van der Waals surface area contributed by atoms with Crippen LogP contribution in [0.4, 0.5) is 4.79 Å². The molecule has 0 heterocycles. The second kappa shape index (κ2) is 11.1. The van der Waals surface area contributed by atoms with Gasteiger partial charge < -0.3 is 14.4 Å². The van der Waals surface area contributed by atoms with E-state index in [9.17, 15) is 4.79 Å². The standard InChI is InChI=1S/C20H33NO3/c1-5-6-7-11-14-21(19(22)24-20(2,3)4)15-16-23-17-18-12-9-8-10-13-18/h8-10,12-13H,5-7,11,14-17H2,1-4H3. The quantitative estimate of drug-likeness (QED) is 0.564. The molecule has 0 aromatic heterocycles. The molecule has 0 saturated heterocycles. The first-order valence-corrected chi connectivity index (χ1v) is 9.02. The first kappa shape index (κ1) is 20.5. The van der Waals surface area contributed by atoms with Gasteiger partial charge in [0.05, 0.1) is 13.2 Å². The zero-order chi connectivity index (χ0) is 17.8. The Morgan fingerprint density at radius 3 is 2.38 bits per heavy atom. The Balaban J connectivity index is 2.40. The third kappa shape index (κ3) is 9.56. The Bertz CT molecular complexity index is 454. The van der Waals surface area contributed by atoms with Gasteiger partial charge in [-0.2, -0.15) is 0 Å². The molecule has 0 N–H and O–H groups in total. The van der Waals surface area contributed by atoms with Crippen molar-refractivity contribution in [2.24, 2.45) is 0 Å². The van der Waals surface area contributed by atoms with Crippen LogP contribution in [0.2, 0.25) is 0 Å². The van der Waals surface area contributed by atoms with Crippen LogP contribution in [0.3, 0.4) is 0 Å². The Hall–Kier alpha value is -1.55. The SMILES string of the molecule is CCCCCCN(CCOCc1ccccc1)C(=O)OC(C)(C)C. The van der Waals surface area contributed by atoms with Gasteiger partial charge in [-0.15, -0.1) is 0 Å². The van der Waals surface area contributed by atoms with Gasteiger partial charge in [0.15, 0.2) is 0 Å². The van der Waals surface area contributed by atoms with Gasteiger partial charge in [0.25, 0.3) is 0 Å². The minimum absolute atomic E-state index is 0.248. The number of carbonyl (C=O) groups is 1. The Labute approximate surface area is 147 Å². The predicted molar refractivity (Wildman–Crippen MR) is 98.0 cm³/mol. The van der Waals surface area contributed by atoms with Crippen molar-refractivity contribution in [1.82, 2.24) is 4.90 Å². The molecule has 136 valence electrons. The number of carbonyl (C=O) groups excluding carboxylic acids is 1. The van der Waals surface area contributed by atoms with Crippen LogP contribution in [0.25, 0.3) is 0 Å². The molecule has 1 aromatic carbocycles. The summed E-state index contributed by atoms with van der Waals surface area (Å²) in [6.07, 6.45) is 4.29. The average Bonchev–Trinajstić information content (AvgIpc) is 2.52. The third-order valence-electron chi connectivity index (χ3n) is 3.55. The van der Waals surface area contributed by atoms with Crippen molar-refractivity contribution in [3.8, 4) is 0 Å². The number of hydrogen-bond acceptors (Lipinski definition) is 3. The van der Waals surface area contributed by atoms with Crippen LogP contribution in [-0.2, 0) is 16.1 Å². The lowest BCUT2D eigenvalue weighted by molar-refractivity contribution is 0.0161. The van der Waals surface area contributed by atoms with Crippen LogP contribution in [0.5, 0.6) is 0 Å². The topological polar surface area (TPSA) is 38.8 Å². The maximum Gasteiger partial charge on any atom is 0.410 e. The van der Waals surface area contributed by atoms with Crippen molar-refractivity contribution in [2.75, 3.05) is 19.7 Å². The molecule has 0 aliphatic heterocycles. The Morgan fingerprint density at radius 2 is 1.75 bits per heavy atom. The first-order chi connectivity index (χ1) is 11.4. The van der Waals surface area contributed by atoms with Crippen molar-refractivity contribution in [1.29, 1.82) is 0 Å². The number of nitrogens with zero attached hydrogens (tertiary/aromatic N) is 1. The lowest BCUT2D eigenvalue weighted by Gasteiger charge is -2.27. The molecule has 1 rings (SSSR count). The van der Waals surface area contributed by atoms with E-state index in [2.05, 4.69) is 6.92 Å². The lowest BCUT2D eigenvalue weighted by atomic mass is 10.2. The molecule has 0 unspecified atom stereocenters. The maximum absolute atomic E-state index is 12.3. The van der Waals surface area contributed by atoms with E-state index in [4.69, 9.17) is 9.47 Å². The molecule has 0 aliphatic rings. The summed E-state index contributed by atoms with van der Waals surface area (Å²) in [5.74, 6) is 0. The minimum atomic E-state index is -0.469. The van der Waals surface area contributed by atoms with Crippen LogP contribution in [0.15, 0.2) is 30.3 Å². The zero-order valence-corrected chi connectivity index (χ0v) is 15.7. The molecule has 0 aliphatic carbocycles. The molecule has 0 fully saturated rings. The zero-order valence-electron chi connectivity index (χ0n) is 15.7. The molecule has 0 atom stereocenters. The molecule has 4 heteroatoms. The Kier molecular flexibility index (Phi) is 9.46. The second-order valence-corrected chi connectivity index (χ2v) is 7.07. The predicted octanol–water partition coefficient (Wildman–Crippen LogP) is 5.02. The van der Waals surface area contributed by atoms with Gasteiger partial charge in [-0.05, 0) is 32.8 Å². The van der Waals surface area contributed by atoms with E-state index >= 15 is 0 Å². The van der Waals surface area contributed by atoms with E-state index in [0.717, 1.165) is 24.9 Å². The lowest BCUT2D eigenvalue weighted by Crippen LogP contribution is -2.39. The van der Waals surface area contributed by atoms with Crippen molar-refractivity contribution in [3.63, 3.8) is 0 Å². The number of rotatable bonds is 10. The van der Waals surface area contributed by atoms with E-state index in [1.165, 1.54) is 12.8 Å². The molecule has 24 heavy (non-hydrogen) atoms. The fraction of sp³-hybridized carbons (Fsp3) is 0.650. The van der Waals surface area contributed by atoms with E-state index in [1.54, 1.807) is 4.90 Å². The number of unbranched alkanes of at least 4 members (excludes halogenated alkanes) is 3. The normalized spacial score (nSPS) is 11.3. The maximum atomic E-state index is 12.3. The van der Waals surface area contributed by atoms with Gasteiger partial charge in [0.2, 0.25) is 0 Å². The second-order valence-electron chi connectivity index (χ2n) is 7.07. The van der Waals surface area contributed by atoms with Crippen LogP contribution in [0.1, 0.15) is 58.9 Å². The minimum Gasteiger partial charge on any atom is -0.444 e. The molecule has 1 aromatic rings. The molecule has 0 radical (unpaired) electrons. The highest BCUT2D eigenvalue weighted by molar-refractivity contribution is 5.68. The molecular weight excluding hydrogens is 302 g/mol. The number of hydrogen-bond donors (Lipinski definition) is 0. The summed E-state index contributed by atoms with van der Waals surface area (Å²) in [7, 11) is 0. The van der Waals surface area contributed by atoms with E-state index in [-0.39, 0.29) is 6.09 Å². The Morgan fingerprint density at radius 1 is 1.04 bits per heavy atom. The van der Waals surface area contributed by atoms with Crippen LogP contribution >= 0.6 is 0 Å². The van der Waals surface area contributed by atoms with Crippen LogP contribution in [0, 0.1) is 0 Å². The smallest absolute Gasteiger partial charge is 0.410 e. The van der Waals surface area contributed by atoms with Crippen molar-refractivity contribution in [2.45, 2.75) is 65.6 Å². The average molecular weight is 335 g/mol. The third-order valence-corrected chi connectivity index (χ3v) is 3.55. The summed E-state index contributed by atoms with van der Waals surface area (Å²) in [6, 6.07) is 10.1. The molecule has 1 amide bonds. The highest BCUT2D eigenvalue weighted by Crippen LogP contribution is 2.11. The van der Waals surface area contributed by atoms with Gasteiger partial charge >= 0.3 is 6.09 Å². The largest absolute Gasteiger partial charge is 0.444 e. The monoisotopic (exact) mass is 335 g/mol. The number of benzene rings is 1. The first-order valence-electron chi connectivity index (χ1n) is 9.02. The molecular formula is C20H33NO3. The summed E-state index contributed by atoms with van der Waals surface area (Å²) in [6.45, 7) is 10.2. The van der Waals surface area contributed by atoms with Gasteiger partial charge in [-0.3, -0.25) is 0 Å². The van der Waals surface area contributed by atoms with Crippen molar-refractivity contribution >= 4 is 6.09 Å².